The molecule has 62 valence electrons. The van der Waals surface area contributed by atoms with Crippen LogP contribution in [0.15, 0.2) is 0 Å². The van der Waals surface area contributed by atoms with E-state index < -0.39 is 0 Å². The molecule has 3 nitrogen and oxygen atoms in total. The van der Waals surface area contributed by atoms with Crippen LogP contribution in [-0.2, 0) is 9.47 Å². The first-order valence-corrected chi connectivity index (χ1v) is 4.03. The lowest BCUT2D eigenvalue weighted by molar-refractivity contribution is -0.0478. The molecule has 1 saturated heterocycles. The first-order chi connectivity index (χ1) is 5.43. The van der Waals surface area contributed by atoms with Gasteiger partial charge in [-0.05, 0) is 19.3 Å². The van der Waals surface area contributed by atoms with Crippen molar-refractivity contribution in [2.75, 3.05) is 13.2 Å². The van der Waals surface area contributed by atoms with E-state index in [9.17, 15) is 0 Å². The van der Waals surface area contributed by atoms with Crippen LogP contribution in [0.1, 0.15) is 25.7 Å². The van der Waals surface area contributed by atoms with E-state index in [4.69, 9.17) is 14.7 Å². The Kier molecular flexibility index (Phi) is 3.95. The minimum absolute atomic E-state index is 0.00805. The van der Waals surface area contributed by atoms with Crippen LogP contribution < -0.4 is 0 Å². The first kappa shape index (κ1) is 8.51. The van der Waals surface area contributed by atoms with Gasteiger partial charge in [0.2, 0.25) is 0 Å². The molecule has 0 aromatic carbocycles. The van der Waals surface area contributed by atoms with Gasteiger partial charge < -0.3 is 9.47 Å². The summed E-state index contributed by atoms with van der Waals surface area (Å²) >= 11 is 0. The van der Waals surface area contributed by atoms with Crippen LogP contribution in [0.2, 0.25) is 0 Å². The third-order valence-electron chi connectivity index (χ3n) is 1.67. The summed E-state index contributed by atoms with van der Waals surface area (Å²) in [5.74, 6) is 0. The zero-order chi connectivity index (χ0) is 7.94. The van der Waals surface area contributed by atoms with Gasteiger partial charge in [-0.15, -0.1) is 0 Å². The summed E-state index contributed by atoms with van der Waals surface area (Å²) < 4.78 is 10.5. The van der Waals surface area contributed by atoms with Crippen LogP contribution in [0.5, 0.6) is 0 Å². The Bertz CT molecular complexity index is 136. The average Bonchev–Trinajstić information content (AvgIpc) is 2.50. The summed E-state index contributed by atoms with van der Waals surface area (Å²) in [5, 5.41) is 8.25. The number of ether oxygens (including phenoxy) is 2. The molecular weight excluding hydrogens is 142 g/mol. The summed E-state index contributed by atoms with van der Waals surface area (Å²) in [6.45, 7) is 1.45. The highest BCUT2D eigenvalue weighted by Gasteiger charge is 2.14. The monoisotopic (exact) mass is 155 g/mol. The van der Waals surface area contributed by atoms with Gasteiger partial charge >= 0.3 is 0 Å². The molecule has 0 saturated carbocycles. The Morgan fingerprint density at radius 2 is 2.00 bits per heavy atom. The van der Waals surface area contributed by atoms with Crippen molar-refractivity contribution in [3.8, 4) is 6.07 Å². The fourth-order valence-corrected chi connectivity index (χ4v) is 1.09. The second kappa shape index (κ2) is 5.11. The molecule has 0 unspecified atom stereocenters. The van der Waals surface area contributed by atoms with Gasteiger partial charge in [-0.2, -0.15) is 5.26 Å². The summed E-state index contributed by atoms with van der Waals surface area (Å²) in [6.07, 6.45) is 3.57. The Hall–Kier alpha value is -0.590. The largest absolute Gasteiger partial charge is 0.350 e. The van der Waals surface area contributed by atoms with E-state index >= 15 is 0 Å². The highest BCUT2D eigenvalue weighted by Crippen LogP contribution is 2.11. The molecule has 1 aliphatic rings. The highest BCUT2D eigenvalue weighted by atomic mass is 16.7. The molecule has 0 radical (unpaired) electrons. The Morgan fingerprint density at radius 1 is 1.27 bits per heavy atom. The molecule has 1 aliphatic heterocycles. The van der Waals surface area contributed by atoms with Gasteiger partial charge in [0.25, 0.3) is 0 Å². The van der Waals surface area contributed by atoms with Crippen LogP contribution in [0, 0.1) is 11.3 Å². The zero-order valence-corrected chi connectivity index (χ0v) is 6.58. The van der Waals surface area contributed by atoms with Crippen molar-refractivity contribution in [2.45, 2.75) is 32.0 Å². The molecule has 0 atom stereocenters. The average molecular weight is 155 g/mol. The lowest BCUT2D eigenvalue weighted by atomic mass is 10.2. The van der Waals surface area contributed by atoms with Crippen molar-refractivity contribution in [2.24, 2.45) is 0 Å². The fourth-order valence-electron chi connectivity index (χ4n) is 1.09. The molecular formula is C8H13NO2. The van der Waals surface area contributed by atoms with Gasteiger partial charge in [-0.3, -0.25) is 0 Å². The SMILES string of the molecule is N#CCCCCC1OCCO1. The van der Waals surface area contributed by atoms with E-state index in [1.165, 1.54) is 0 Å². The summed E-state index contributed by atoms with van der Waals surface area (Å²) in [6, 6.07) is 2.11. The van der Waals surface area contributed by atoms with Gasteiger partial charge in [0.15, 0.2) is 6.29 Å². The molecule has 0 N–H and O–H groups in total. The van der Waals surface area contributed by atoms with Crippen LogP contribution in [-0.4, -0.2) is 19.5 Å². The molecule has 0 aromatic rings. The van der Waals surface area contributed by atoms with Crippen molar-refractivity contribution in [1.29, 1.82) is 5.26 Å². The molecule has 0 amide bonds. The Balaban J connectivity index is 1.90. The van der Waals surface area contributed by atoms with E-state index in [1.807, 2.05) is 0 Å². The fraction of sp³-hybridized carbons (Fsp3) is 0.875. The van der Waals surface area contributed by atoms with E-state index in [-0.39, 0.29) is 6.29 Å². The smallest absolute Gasteiger partial charge is 0.157 e. The second-order valence-electron chi connectivity index (χ2n) is 2.58. The topological polar surface area (TPSA) is 42.2 Å². The van der Waals surface area contributed by atoms with Crippen LogP contribution in [0.25, 0.3) is 0 Å². The van der Waals surface area contributed by atoms with Gasteiger partial charge in [-0.25, -0.2) is 0 Å². The summed E-state index contributed by atoms with van der Waals surface area (Å²) in [7, 11) is 0. The first-order valence-electron chi connectivity index (χ1n) is 4.03. The van der Waals surface area contributed by atoms with Crippen molar-refractivity contribution in [3.63, 3.8) is 0 Å². The zero-order valence-electron chi connectivity index (χ0n) is 6.58. The minimum Gasteiger partial charge on any atom is -0.350 e. The predicted octanol–water partition coefficient (Wildman–Crippen LogP) is 1.44. The van der Waals surface area contributed by atoms with Gasteiger partial charge in [0.05, 0.1) is 19.3 Å². The molecule has 1 rings (SSSR count). The van der Waals surface area contributed by atoms with E-state index in [2.05, 4.69) is 6.07 Å². The number of hydrogen-bond acceptors (Lipinski definition) is 3. The molecule has 1 heterocycles. The standard InChI is InChI=1S/C8H13NO2/c9-5-3-1-2-4-8-10-6-7-11-8/h8H,1-4,6-7H2. The number of rotatable bonds is 4. The summed E-state index contributed by atoms with van der Waals surface area (Å²) in [5.41, 5.74) is 0. The number of hydrogen-bond donors (Lipinski definition) is 0. The number of nitrogens with zero attached hydrogens (tertiary/aromatic N) is 1. The van der Waals surface area contributed by atoms with Crippen molar-refractivity contribution < 1.29 is 9.47 Å². The lowest BCUT2D eigenvalue weighted by Gasteiger charge is -2.06. The molecule has 11 heavy (non-hydrogen) atoms. The maximum atomic E-state index is 8.25. The van der Waals surface area contributed by atoms with E-state index in [0.29, 0.717) is 6.42 Å². The van der Waals surface area contributed by atoms with Crippen molar-refractivity contribution >= 4 is 0 Å². The molecule has 0 bridgehead atoms. The van der Waals surface area contributed by atoms with Gasteiger partial charge in [0.1, 0.15) is 0 Å². The number of unbranched alkanes of at least 4 members (excludes halogenated alkanes) is 2. The Morgan fingerprint density at radius 3 is 2.64 bits per heavy atom. The molecule has 0 aromatic heterocycles. The molecule has 0 spiro atoms. The van der Waals surface area contributed by atoms with E-state index in [1.54, 1.807) is 0 Å². The van der Waals surface area contributed by atoms with Gasteiger partial charge in [0, 0.05) is 6.42 Å². The number of nitriles is 1. The van der Waals surface area contributed by atoms with Gasteiger partial charge in [-0.1, -0.05) is 0 Å². The van der Waals surface area contributed by atoms with Crippen molar-refractivity contribution in [1.82, 2.24) is 0 Å². The quantitative estimate of drug-likeness (QED) is 0.577. The van der Waals surface area contributed by atoms with E-state index in [0.717, 1.165) is 32.5 Å². The van der Waals surface area contributed by atoms with Crippen LogP contribution >= 0.6 is 0 Å². The minimum atomic E-state index is 0.00805. The highest BCUT2D eigenvalue weighted by molar-refractivity contribution is 4.68. The lowest BCUT2D eigenvalue weighted by Crippen LogP contribution is -2.06. The van der Waals surface area contributed by atoms with Crippen molar-refractivity contribution in [3.05, 3.63) is 0 Å². The van der Waals surface area contributed by atoms with Crippen LogP contribution in [0.3, 0.4) is 0 Å². The van der Waals surface area contributed by atoms with Crippen LogP contribution in [0.4, 0.5) is 0 Å². The maximum Gasteiger partial charge on any atom is 0.157 e. The third-order valence-corrected chi connectivity index (χ3v) is 1.67. The predicted molar refractivity (Wildman–Crippen MR) is 39.8 cm³/mol. The molecule has 1 fully saturated rings. The Labute approximate surface area is 66.9 Å². The molecule has 3 heteroatoms. The summed E-state index contributed by atoms with van der Waals surface area (Å²) in [4.78, 5) is 0. The second-order valence-corrected chi connectivity index (χ2v) is 2.58. The third kappa shape index (κ3) is 3.35. The maximum absolute atomic E-state index is 8.25. The normalized spacial score (nSPS) is 18.5. The molecule has 0 aliphatic carbocycles.